The highest BCUT2D eigenvalue weighted by Crippen LogP contribution is 2.14. The Balaban J connectivity index is 1.75. The first-order valence-corrected chi connectivity index (χ1v) is 6.52. The number of guanidine groups is 1. The Morgan fingerprint density at radius 2 is 2.05 bits per heavy atom. The summed E-state index contributed by atoms with van der Waals surface area (Å²) in [6.45, 7) is 0.903. The lowest BCUT2D eigenvalue weighted by Crippen LogP contribution is -2.23. The van der Waals surface area contributed by atoms with Gasteiger partial charge in [-0.2, -0.15) is 0 Å². The van der Waals surface area contributed by atoms with Crippen molar-refractivity contribution in [1.82, 2.24) is 4.98 Å². The van der Waals surface area contributed by atoms with E-state index in [0.717, 1.165) is 17.2 Å². The van der Waals surface area contributed by atoms with Gasteiger partial charge in [0.05, 0.1) is 19.9 Å². The lowest BCUT2D eigenvalue weighted by molar-refractivity contribution is 0.327. The van der Waals surface area contributed by atoms with Crippen molar-refractivity contribution in [1.29, 1.82) is 0 Å². The molecular formula is C15H18N4O2. The van der Waals surface area contributed by atoms with Gasteiger partial charge in [0.1, 0.15) is 18.1 Å². The maximum absolute atomic E-state index is 5.80. The van der Waals surface area contributed by atoms with Crippen molar-refractivity contribution in [3.05, 3.63) is 48.8 Å². The molecule has 0 saturated heterocycles. The number of nitrogens with zero attached hydrogens (tertiary/aromatic N) is 2. The van der Waals surface area contributed by atoms with E-state index < -0.39 is 0 Å². The zero-order valence-electron chi connectivity index (χ0n) is 11.8. The molecule has 1 heterocycles. The average Bonchev–Trinajstić information content (AvgIpc) is 2.53. The van der Waals surface area contributed by atoms with Crippen LogP contribution in [0.1, 0.15) is 0 Å². The molecule has 0 atom stereocenters. The van der Waals surface area contributed by atoms with Crippen LogP contribution in [-0.4, -0.2) is 31.2 Å². The minimum atomic E-state index is 0.343. The fourth-order valence-electron chi connectivity index (χ4n) is 1.62. The molecule has 0 radical (unpaired) electrons. The van der Waals surface area contributed by atoms with Crippen molar-refractivity contribution in [2.45, 2.75) is 0 Å². The Kier molecular flexibility index (Phi) is 5.40. The summed E-state index contributed by atoms with van der Waals surface area (Å²) in [6.07, 6.45) is 3.35. The van der Waals surface area contributed by atoms with Crippen LogP contribution in [0, 0.1) is 0 Å². The Bertz CT molecular complexity index is 570. The number of ether oxygens (including phenoxy) is 2. The minimum Gasteiger partial charge on any atom is -0.497 e. The van der Waals surface area contributed by atoms with E-state index in [4.69, 9.17) is 15.2 Å². The smallest absolute Gasteiger partial charge is 0.193 e. The number of hydrogen-bond donors (Lipinski definition) is 2. The topological polar surface area (TPSA) is 81.8 Å². The molecular weight excluding hydrogens is 268 g/mol. The summed E-state index contributed by atoms with van der Waals surface area (Å²) in [5.41, 5.74) is 6.65. The van der Waals surface area contributed by atoms with Gasteiger partial charge in [0.2, 0.25) is 0 Å². The Labute approximate surface area is 123 Å². The molecule has 2 rings (SSSR count). The maximum atomic E-state index is 5.80. The van der Waals surface area contributed by atoms with Gasteiger partial charge in [0, 0.05) is 11.9 Å². The second-order valence-corrected chi connectivity index (χ2v) is 4.16. The van der Waals surface area contributed by atoms with Crippen LogP contribution in [0.25, 0.3) is 0 Å². The van der Waals surface area contributed by atoms with Crippen LogP contribution in [-0.2, 0) is 0 Å². The summed E-state index contributed by atoms with van der Waals surface area (Å²) in [4.78, 5) is 8.14. The fourth-order valence-corrected chi connectivity index (χ4v) is 1.62. The molecule has 6 nitrogen and oxygen atoms in total. The van der Waals surface area contributed by atoms with E-state index in [0.29, 0.717) is 19.1 Å². The molecule has 0 unspecified atom stereocenters. The molecule has 0 aliphatic rings. The number of aromatic nitrogens is 1. The van der Waals surface area contributed by atoms with Crippen molar-refractivity contribution < 1.29 is 9.47 Å². The van der Waals surface area contributed by atoms with Crippen molar-refractivity contribution in [2.75, 3.05) is 25.6 Å². The SMILES string of the molecule is COc1ccc(NC(N)=NCCOc2cccnc2)cc1. The highest BCUT2D eigenvalue weighted by atomic mass is 16.5. The molecule has 0 aliphatic carbocycles. The number of aliphatic imine (C=N–C) groups is 1. The molecule has 0 fully saturated rings. The fraction of sp³-hybridized carbons (Fsp3) is 0.200. The lowest BCUT2D eigenvalue weighted by atomic mass is 10.3. The number of methoxy groups -OCH3 is 1. The van der Waals surface area contributed by atoms with E-state index in [-0.39, 0.29) is 0 Å². The third kappa shape index (κ3) is 5.02. The van der Waals surface area contributed by atoms with E-state index in [1.165, 1.54) is 0 Å². The number of pyridine rings is 1. The monoisotopic (exact) mass is 286 g/mol. The normalized spacial score (nSPS) is 11.0. The molecule has 0 spiro atoms. The van der Waals surface area contributed by atoms with Crippen LogP contribution in [0.15, 0.2) is 53.8 Å². The summed E-state index contributed by atoms with van der Waals surface area (Å²) >= 11 is 0. The first-order chi connectivity index (χ1) is 10.3. The third-order valence-electron chi connectivity index (χ3n) is 2.64. The van der Waals surface area contributed by atoms with Gasteiger partial charge in [0.25, 0.3) is 0 Å². The average molecular weight is 286 g/mol. The van der Waals surface area contributed by atoms with Gasteiger partial charge in [-0.25, -0.2) is 4.99 Å². The highest BCUT2D eigenvalue weighted by molar-refractivity contribution is 5.92. The lowest BCUT2D eigenvalue weighted by Gasteiger charge is -2.07. The quantitative estimate of drug-likeness (QED) is 0.481. The van der Waals surface area contributed by atoms with Crippen LogP contribution in [0.4, 0.5) is 5.69 Å². The van der Waals surface area contributed by atoms with Gasteiger partial charge in [-0.1, -0.05) is 0 Å². The zero-order valence-corrected chi connectivity index (χ0v) is 11.8. The number of hydrogen-bond acceptors (Lipinski definition) is 4. The van der Waals surface area contributed by atoms with Gasteiger partial charge in [-0.3, -0.25) is 4.98 Å². The molecule has 0 amide bonds. The zero-order chi connectivity index (χ0) is 14.9. The van der Waals surface area contributed by atoms with Gasteiger partial charge in [0.15, 0.2) is 5.96 Å². The number of nitrogens with two attached hydrogens (primary N) is 1. The van der Waals surface area contributed by atoms with Gasteiger partial charge in [-0.05, 0) is 36.4 Å². The third-order valence-corrected chi connectivity index (χ3v) is 2.64. The van der Waals surface area contributed by atoms with Crippen LogP contribution < -0.4 is 20.5 Å². The van der Waals surface area contributed by atoms with Crippen LogP contribution in [0.5, 0.6) is 11.5 Å². The number of anilines is 1. The number of nitrogens with one attached hydrogen (secondary N) is 1. The molecule has 1 aromatic heterocycles. The van der Waals surface area contributed by atoms with E-state index in [2.05, 4.69) is 15.3 Å². The predicted octanol–water partition coefficient (Wildman–Crippen LogP) is 1.90. The van der Waals surface area contributed by atoms with Gasteiger partial charge < -0.3 is 20.5 Å². The Morgan fingerprint density at radius 3 is 2.71 bits per heavy atom. The number of benzene rings is 1. The molecule has 6 heteroatoms. The second-order valence-electron chi connectivity index (χ2n) is 4.16. The van der Waals surface area contributed by atoms with Crippen LogP contribution in [0.2, 0.25) is 0 Å². The van der Waals surface area contributed by atoms with Crippen molar-refractivity contribution in [3.63, 3.8) is 0 Å². The molecule has 2 aromatic rings. The van der Waals surface area contributed by atoms with Gasteiger partial charge in [-0.15, -0.1) is 0 Å². The molecule has 110 valence electrons. The molecule has 0 aliphatic heterocycles. The highest BCUT2D eigenvalue weighted by Gasteiger charge is 1.96. The summed E-state index contributed by atoms with van der Waals surface area (Å²) in [7, 11) is 1.63. The summed E-state index contributed by atoms with van der Waals surface area (Å²) in [5.74, 6) is 1.85. The Hall–Kier alpha value is -2.76. The minimum absolute atomic E-state index is 0.343. The molecule has 0 bridgehead atoms. The summed E-state index contributed by atoms with van der Waals surface area (Å²) in [6, 6.07) is 11.1. The Morgan fingerprint density at radius 1 is 1.24 bits per heavy atom. The first kappa shape index (κ1) is 14.6. The maximum Gasteiger partial charge on any atom is 0.193 e. The van der Waals surface area contributed by atoms with E-state index >= 15 is 0 Å². The summed E-state index contributed by atoms with van der Waals surface area (Å²) < 4.78 is 10.6. The van der Waals surface area contributed by atoms with Crippen LogP contribution >= 0.6 is 0 Å². The summed E-state index contributed by atoms with van der Waals surface area (Å²) in [5, 5.41) is 3.00. The van der Waals surface area contributed by atoms with Crippen LogP contribution in [0.3, 0.4) is 0 Å². The molecule has 3 N–H and O–H groups in total. The molecule has 1 aromatic carbocycles. The van der Waals surface area contributed by atoms with Crippen molar-refractivity contribution >= 4 is 11.6 Å². The standard InChI is InChI=1S/C15H18N4O2/c1-20-13-6-4-12(5-7-13)19-15(16)18-9-10-21-14-3-2-8-17-11-14/h2-8,11H,9-10H2,1H3,(H3,16,18,19). The number of rotatable bonds is 6. The molecule has 21 heavy (non-hydrogen) atoms. The van der Waals surface area contributed by atoms with Crippen molar-refractivity contribution in [3.8, 4) is 11.5 Å². The second kappa shape index (κ2) is 7.74. The van der Waals surface area contributed by atoms with Crippen molar-refractivity contribution in [2.24, 2.45) is 10.7 Å². The van der Waals surface area contributed by atoms with Gasteiger partial charge >= 0.3 is 0 Å². The largest absolute Gasteiger partial charge is 0.497 e. The molecule has 0 saturated carbocycles. The van der Waals surface area contributed by atoms with E-state index in [1.54, 1.807) is 19.5 Å². The van der Waals surface area contributed by atoms with E-state index in [1.807, 2.05) is 36.4 Å². The predicted molar refractivity (Wildman–Crippen MR) is 82.8 cm³/mol. The first-order valence-electron chi connectivity index (χ1n) is 6.52. The van der Waals surface area contributed by atoms with E-state index in [9.17, 15) is 0 Å².